The van der Waals surface area contributed by atoms with Gasteiger partial charge in [-0.1, -0.05) is 11.2 Å². The molecule has 0 aromatic carbocycles. The van der Waals surface area contributed by atoms with Crippen molar-refractivity contribution in [3.05, 3.63) is 28.5 Å². The maximum atomic E-state index is 12.3. The normalized spacial score (nSPS) is 22.1. The van der Waals surface area contributed by atoms with Crippen molar-refractivity contribution >= 4 is 34.9 Å². The van der Waals surface area contributed by atoms with Gasteiger partial charge >= 0.3 is 0 Å². The van der Waals surface area contributed by atoms with Crippen LogP contribution in [0.5, 0.6) is 0 Å². The number of piperidine rings is 1. The maximum Gasteiger partial charge on any atom is 0.269 e. The standard InChI is InChI=1S/C18H21N3O3S/c22-16(6-5-14-2-1-11-25-14)21-9-7-18(8-10-21)12-15(20-24-18)17(23)19-13-3-4-13/h1-2,5-6,11,13H,3-4,7-10,12H2,(H,19,23)/b6-5+. The maximum absolute atomic E-state index is 12.3. The van der Waals surface area contributed by atoms with Gasteiger partial charge in [0.2, 0.25) is 5.91 Å². The number of amides is 2. The summed E-state index contributed by atoms with van der Waals surface area (Å²) >= 11 is 1.61. The first kappa shape index (κ1) is 16.3. The highest BCUT2D eigenvalue weighted by molar-refractivity contribution is 7.10. The summed E-state index contributed by atoms with van der Waals surface area (Å²) in [6.07, 6.45) is 7.54. The zero-order chi connectivity index (χ0) is 17.3. The van der Waals surface area contributed by atoms with Crippen molar-refractivity contribution in [1.82, 2.24) is 10.2 Å². The number of nitrogens with zero attached hydrogens (tertiary/aromatic N) is 2. The minimum absolute atomic E-state index is 0.0221. The predicted molar refractivity (Wildman–Crippen MR) is 96.2 cm³/mol. The lowest BCUT2D eigenvalue weighted by atomic mass is 9.86. The van der Waals surface area contributed by atoms with Crippen molar-refractivity contribution in [2.75, 3.05) is 13.1 Å². The third-order valence-corrected chi connectivity index (χ3v) is 5.77. The topological polar surface area (TPSA) is 71.0 Å². The molecule has 0 bridgehead atoms. The van der Waals surface area contributed by atoms with Crippen LogP contribution < -0.4 is 5.32 Å². The Bertz CT molecular complexity index is 714. The largest absolute Gasteiger partial charge is 0.388 e. The monoisotopic (exact) mass is 359 g/mol. The molecule has 4 rings (SSSR count). The average molecular weight is 359 g/mol. The number of carbonyl (C=O) groups is 2. The van der Waals surface area contributed by atoms with Gasteiger partial charge in [0, 0.05) is 49.3 Å². The minimum atomic E-state index is -0.412. The van der Waals surface area contributed by atoms with E-state index in [0.717, 1.165) is 17.7 Å². The van der Waals surface area contributed by atoms with Crippen molar-refractivity contribution in [1.29, 1.82) is 0 Å². The fourth-order valence-electron chi connectivity index (χ4n) is 3.19. The van der Waals surface area contributed by atoms with Gasteiger partial charge in [-0.3, -0.25) is 9.59 Å². The second kappa shape index (κ2) is 6.63. The van der Waals surface area contributed by atoms with Gasteiger partial charge in [-0.05, 0) is 30.4 Å². The quantitative estimate of drug-likeness (QED) is 0.838. The van der Waals surface area contributed by atoms with E-state index in [1.807, 2.05) is 28.5 Å². The summed E-state index contributed by atoms with van der Waals surface area (Å²) in [4.78, 5) is 32.9. The van der Waals surface area contributed by atoms with Gasteiger partial charge in [0.05, 0.1) is 0 Å². The molecule has 7 heteroatoms. The third-order valence-electron chi connectivity index (χ3n) is 4.93. The van der Waals surface area contributed by atoms with Gasteiger partial charge in [-0.2, -0.15) is 0 Å². The molecule has 25 heavy (non-hydrogen) atoms. The van der Waals surface area contributed by atoms with Crippen LogP contribution in [-0.4, -0.2) is 47.2 Å². The molecule has 6 nitrogen and oxygen atoms in total. The molecule has 2 amide bonds. The zero-order valence-electron chi connectivity index (χ0n) is 13.9. The Labute approximate surface area is 150 Å². The number of oxime groups is 1. The van der Waals surface area contributed by atoms with E-state index in [-0.39, 0.29) is 11.8 Å². The number of thiophene rings is 1. The first-order valence-corrected chi connectivity index (χ1v) is 9.58. The Morgan fingerprint density at radius 3 is 2.84 bits per heavy atom. The van der Waals surface area contributed by atoms with Crippen molar-refractivity contribution in [2.24, 2.45) is 5.16 Å². The number of nitrogens with one attached hydrogen (secondary N) is 1. The summed E-state index contributed by atoms with van der Waals surface area (Å²) < 4.78 is 0. The van der Waals surface area contributed by atoms with Crippen LogP contribution in [0.15, 0.2) is 28.7 Å². The first-order valence-electron chi connectivity index (χ1n) is 8.70. The van der Waals surface area contributed by atoms with Crippen LogP contribution in [-0.2, 0) is 14.4 Å². The molecule has 3 heterocycles. The van der Waals surface area contributed by atoms with Gasteiger partial charge in [-0.15, -0.1) is 11.3 Å². The van der Waals surface area contributed by atoms with Gasteiger partial charge in [0.15, 0.2) is 0 Å². The Balaban J connectivity index is 1.28. The van der Waals surface area contributed by atoms with E-state index in [2.05, 4.69) is 10.5 Å². The molecule has 132 valence electrons. The fourth-order valence-corrected chi connectivity index (χ4v) is 3.81. The predicted octanol–water partition coefficient (Wildman–Crippen LogP) is 2.18. The molecule has 0 radical (unpaired) electrons. The summed E-state index contributed by atoms with van der Waals surface area (Å²) in [6, 6.07) is 4.27. The minimum Gasteiger partial charge on any atom is -0.388 e. The highest BCUT2D eigenvalue weighted by atomic mass is 32.1. The molecule has 3 aliphatic rings. The fraction of sp³-hybridized carbons (Fsp3) is 0.500. The molecule has 1 N–H and O–H groups in total. The number of hydrogen-bond acceptors (Lipinski definition) is 5. The van der Waals surface area contributed by atoms with E-state index in [4.69, 9.17) is 4.84 Å². The molecular weight excluding hydrogens is 338 g/mol. The van der Waals surface area contributed by atoms with Crippen molar-refractivity contribution in [2.45, 2.75) is 43.7 Å². The molecule has 1 aromatic heterocycles. The smallest absolute Gasteiger partial charge is 0.269 e. The molecule has 1 saturated carbocycles. The van der Waals surface area contributed by atoms with Crippen LogP contribution in [0.25, 0.3) is 6.08 Å². The van der Waals surface area contributed by atoms with Crippen LogP contribution in [0.4, 0.5) is 0 Å². The molecule has 2 fully saturated rings. The molecule has 0 unspecified atom stereocenters. The van der Waals surface area contributed by atoms with E-state index >= 15 is 0 Å². The Morgan fingerprint density at radius 1 is 1.36 bits per heavy atom. The van der Waals surface area contributed by atoms with Gasteiger partial charge in [0.25, 0.3) is 5.91 Å². The average Bonchev–Trinajstić information content (AvgIpc) is 3.11. The number of rotatable bonds is 4. The van der Waals surface area contributed by atoms with E-state index in [0.29, 0.717) is 44.1 Å². The number of hydrogen-bond donors (Lipinski definition) is 1. The SMILES string of the molecule is O=C(NC1CC1)C1=NOC2(CCN(C(=O)/C=C/c3cccs3)CC2)C1. The number of carbonyl (C=O) groups excluding carboxylic acids is 2. The highest BCUT2D eigenvalue weighted by Crippen LogP contribution is 2.35. The lowest BCUT2D eigenvalue weighted by Crippen LogP contribution is -2.47. The lowest BCUT2D eigenvalue weighted by molar-refractivity contribution is -0.131. The van der Waals surface area contributed by atoms with Crippen molar-refractivity contribution < 1.29 is 14.4 Å². The molecule has 1 spiro atoms. The second-order valence-corrected chi connectivity index (χ2v) is 7.89. The summed E-state index contributed by atoms with van der Waals surface area (Å²) in [5.74, 6) is -0.0781. The van der Waals surface area contributed by atoms with Crippen LogP contribution in [0, 0.1) is 0 Å². The van der Waals surface area contributed by atoms with Crippen LogP contribution in [0.3, 0.4) is 0 Å². The van der Waals surface area contributed by atoms with E-state index < -0.39 is 5.60 Å². The molecule has 1 saturated heterocycles. The Hall–Kier alpha value is -2.15. The summed E-state index contributed by atoms with van der Waals surface area (Å²) in [6.45, 7) is 1.25. The number of likely N-dealkylation sites (tertiary alicyclic amines) is 1. The van der Waals surface area contributed by atoms with Gasteiger partial charge in [0.1, 0.15) is 11.3 Å². The van der Waals surface area contributed by atoms with Crippen molar-refractivity contribution in [3.63, 3.8) is 0 Å². The van der Waals surface area contributed by atoms with Gasteiger partial charge < -0.3 is 15.1 Å². The first-order chi connectivity index (χ1) is 12.1. The van der Waals surface area contributed by atoms with Crippen LogP contribution in [0.2, 0.25) is 0 Å². The van der Waals surface area contributed by atoms with Crippen LogP contribution >= 0.6 is 11.3 Å². The lowest BCUT2D eigenvalue weighted by Gasteiger charge is -2.36. The summed E-state index contributed by atoms with van der Waals surface area (Å²) in [7, 11) is 0. The summed E-state index contributed by atoms with van der Waals surface area (Å²) in [5, 5.41) is 8.96. The third kappa shape index (κ3) is 3.76. The molecular formula is C18H21N3O3S. The Morgan fingerprint density at radius 2 is 2.16 bits per heavy atom. The molecule has 0 atom stereocenters. The Kier molecular flexibility index (Phi) is 4.33. The van der Waals surface area contributed by atoms with E-state index in [1.54, 1.807) is 17.4 Å². The van der Waals surface area contributed by atoms with Crippen molar-refractivity contribution in [3.8, 4) is 0 Å². The zero-order valence-corrected chi connectivity index (χ0v) is 14.8. The van der Waals surface area contributed by atoms with Crippen LogP contribution in [0.1, 0.15) is 37.0 Å². The molecule has 2 aliphatic heterocycles. The van der Waals surface area contributed by atoms with Gasteiger partial charge in [-0.25, -0.2) is 0 Å². The molecule has 1 aromatic rings. The summed E-state index contributed by atoms with van der Waals surface area (Å²) in [5.41, 5.74) is 0.0778. The highest BCUT2D eigenvalue weighted by Gasteiger charge is 2.44. The second-order valence-electron chi connectivity index (χ2n) is 6.91. The molecule has 1 aliphatic carbocycles. The van der Waals surface area contributed by atoms with E-state index in [1.165, 1.54) is 0 Å². The van der Waals surface area contributed by atoms with E-state index in [9.17, 15) is 9.59 Å².